The van der Waals surface area contributed by atoms with Gasteiger partial charge in [0.05, 0.1) is 33.9 Å². The average Bonchev–Trinajstić information content (AvgIpc) is 3.51. The lowest BCUT2D eigenvalue weighted by Gasteiger charge is -2.28. The average molecular weight is 918 g/mol. The van der Waals surface area contributed by atoms with Gasteiger partial charge in [-0.05, 0) is 82.8 Å². The van der Waals surface area contributed by atoms with E-state index in [2.05, 4.69) is 64.2 Å². The second-order valence-electron chi connectivity index (χ2n) is 17.9. The maximum Gasteiger partial charge on any atom is 0.306 e. The van der Waals surface area contributed by atoms with Crippen molar-refractivity contribution in [3.8, 4) is 0 Å². The number of hydrogen-bond donors (Lipinski definition) is 1. The van der Waals surface area contributed by atoms with Crippen molar-refractivity contribution in [2.45, 2.75) is 188 Å². The summed E-state index contributed by atoms with van der Waals surface area (Å²) in [6.07, 6.45) is 39.6. The topological polar surface area (TPSA) is 145 Å². The first-order chi connectivity index (χ1) is 30.7. The zero-order valence-corrected chi connectivity index (χ0v) is 41.9. The summed E-state index contributed by atoms with van der Waals surface area (Å²) in [5, 5.41) is 10.3. The number of furan rings is 1. The van der Waals surface area contributed by atoms with Crippen LogP contribution in [-0.2, 0) is 45.5 Å². The molecule has 0 fully saturated rings. The Morgan fingerprint density at radius 2 is 1.22 bits per heavy atom. The van der Waals surface area contributed by atoms with Gasteiger partial charge in [0.15, 0.2) is 6.10 Å². The smallest absolute Gasteiger partial charge is 0.306 e. The van der Waals surface area contributed by atoms with Crippen LogP contribution in [0.15, 0.2) is 65.2 Å². The maximum absolute atomic E-state index is 12.8. The third kappa shape index (κ3) is 33.4. The molecule has 0 spiro atoms. The van der Waals surface area contributed by atoms with E-state index < -0.39 is 38.6 Å². The Morgan fingerprint density at radius 1 is 0.688 bits per heavy atom. The molecule has 0 radical (unpaired) electrons. The Labute approximate surface area is 388 Å². The van der Waals surface area contributed by atoms with Crippen LogP contribution in [0.5, 0.6) is 0 Å². The molecule has 1 aromatic heterocycles. The highest BCUT2D eigenvalue weighted by Crippen LogP contribution is 2.38. The zero-order valence-electron chi connectivity index (χ0n) is 41.0. The standard InChI is InChI=1S/C52H88NO10P/c1-8-10-12-13-14-15-16-17-18-21-24-27-31-35-47(54)36-34-40-51(55)59-43-48(44-61-64(57,58)60-42-41-53(5,6)7)62-52(56)39-33-29-26-23-20-19-22-25-28-32-38-50-46(4)45(3)49(63-50)37-30-11-9-2/h10,12,14-15,17-18,24,27,31,35,47-48,54H,8-9,11,13,16,19-23,25-26,28-30,32-34,36-44H2,1-7H3/b12-10-,15-14-,18-17-,27-24-,35-31+/t47?,48-/m1/s1. The van der Waals surface area contributed by atoms with E-state index in [0.29, 0.717) is 30.3 Å². The first-order valence-electron chi connectivity index (χ1n) is 24.5. The first-order valence-corrected chi connectivity index (χ1v) is 25.9. The van der Waals surface area contributed by atoms with Gasteiger partial charge in [0.2, 0.25) is 0 Å². The van der Waals surface area contributed by atoms with Gasteiger partial charge in [0, 0.05) is 25.7 Å². The number of allylic oxidation sites excluding steroid dienone is 9. The van der Waals surface area contributed by atoms with Crippen LogP contribution in [0.4, 0.5) is 0 Å². The van der Waals surface area contributed by atoms with Crippen molar-refractivity contribution < 1.29 is 51.6 Å². The van der Waals surface area contributed by atoms with Gasteiger partial charge in [0.1, 0.15) is 31.3 Å². The Balaban J connectivity index is 2.39. The molecule has 0 saturated carbocycles. The number of aryl methyl sites for hydroxylation is 2. The number of likely N-dealkylation sites (N-methyl/N-ethyl adjacent to an activating group) is 1. The number of quaternary nitrogens is 1. The fourth-order valence-corrected chi connectivity index (χ4v) is 7.47. The van der Waals surface area contributed by atoms with Crippen molar-refractivity contribution in [3.63, 3.8) is 0 Å². The third-order valence-electron chi connectivity index (χ3n) is 10.9. The number of unbranched alkanes of at least 4 members (excludes halogenated alkanes) is 11. The van der Waals surface area contributed by atoms with Crippen LogP contribution in [0.25, 0.3) is 0 Å². The molecule has 0 aromatic carbocycles. The van der Waals surface area contributed by atoms with E-state index >= 15 is 0 Å². The number of esters is 2. The summed E-state index contributed by atoms with van der Waals surface area (Å²) in [7, 11) is 1.04. The Bertz CT molecular complexity index is 1570. The largest absolute Gasteiger partial charge is 0.756 e. The summed E-state index contributed by atoms with van der Waals surface area (Å²) in [5.74, 6) is 1.30. The van der Waals surface area contributed by atoms with E-state index in [1.165, 1.54) is 74.0 Å². The molecule has 1 aromatic rings. The highest BCUT2D eigenvalue weighted by Gasteiger charge is 2.22. The van der Waals surface area contributed by atoms with E-state index in [9.17, 15) is 24.2 Å². The van der Waals surface area contributed by atoms with Crippen LogP contribution in [-0.4, -0.2) is 81.2 Å². The summed E-state index contributed by atoms with van der Waals surface area (Å²) in [4.78, 5) is 37.8. The Morgan fingerprint density at radius 3 is 1.80 bits per heavy atom. The second-order valence-corrected chi connectivity index (χ2v) is 19.3. The normalized spacial score (nSPS) is 14.5. The minimum Gasteiger partial charge on any atom is -0.756 e. The van der Waals surface area contributed by atoms with Crippen molar-refractivity contribution in [2.24, 2.45) is 0 Å². The van der Waals surface area contributed by atoms with Gasteiger partial charge < -0.3 is 37.4 Å². The lowest BCUT2D eigenvalue weighted by atomic mass is 10.0. The predicted octanol–water partition coefficient (Wildman–Crippen LogP) is 12.0. The SMILES string of the molecule is CC/C=C\C/C=C\C/C=C\C/C=C\C=C\C(O)CCCC(=O)OC[C@H](COP(=O)([O-])OCC[N+](C)(C)C)OC(=O)CCCCCCCCCCCCc1oc(CCCCC)c(C)c1C. The summed E-state index contributed by atoms with van der Waals surface area (Å²) < 4.78 is 40.1. The van der Waals surface area contributed by atoms with Crippen LogP contribution in [0.3, 0.4) is 0 Å². The number of phosphoric acid groups is 1. The van der Waals surface area contributed by atoms with Crippen LogP contribution in [0.1, 0.15) is 171 Å². The van der Waals surface area contributed by atoms with Gasteiger partial charge >= 0.3 is 11.9 Å². The molecule has 2 unspecified atom stereocenters. The van der Waals surface area contributed by atoms with Gasteiger partial charge in [-0.15, -0.1) is 0 Å². The summed E-state index contributed by atoms with van der Waals surface area (Å²) >= 11 is 0. The van der Waals surface area contributed by atoms with Crippen molar-refractivity contribution in [1.82, 2.24) is 0 Å². The monoisotopic (exact) mass is 918 g/mol. The molecular formula is C52H88NO10P. The molecule has 12 heteroatoms. The minimum absolute atomic E-state index is 0.0376. The van der Waals surface area contributed by atoms with Crippen LogP contribution in [0.2, 0.25) is 0 Å². The third-order valence-corrected chi connectivity index (χ3v) is 11.8. The molecule has 0 aliphatic heterocycles. The Kier molecular flexibility index (Phi) is 34.2. The molecule has 0 aliphatic carbocycles. The number of aliphatic hydroxyl groups excluding tert-OH is 1. The number of hydrogen-bond acceptors (Lipinski definition) is 10. The fourth-order valence-electron chi connectivity index (χ4n) is 6.74. The van der Waals surface area contributed by atoms with Gasteiger partial charge in [-0.2, -0.15) is 0 Å². The minimum atomic E-state index is -4.69. The van der Waals surface area contributed by atoms with E-state index in [4.69, 9.17) is 22.9 Å². The zero-order chi connectivity index (χ0) is 47.3. The van der Waals surface area contributed by atoms with Crippen molar-refractivity contribution >= 4 is 19.8 Å². The molecular weight excluding hydrogens is 830 g/mol. The van der Waals surface area contributed by atoms with E-state index in [1.54, 1.807) is 12.2 Å². The van der Waals surface area contributed by atoms with Crippen molar-refractivity contribution in [1.29, 1.82) is 0 Å². The van der Waals surface area contributed by atoms with Crippen molar-refractivity contribution in [3.05, 3.63) is 83.4 Å². The predicted molar refractivity (Wildman–Crippen MR) is 259 cm³/mol. The van der Waals surface area contributed by atoms with Crippen LogP contribution in [0, 0.1) is 13.8 Å². The van der Waals surface area contributed by atoms with Crippen molar-refractivity contribution in [2.75, 3.05) is 47.5 Å². The lowest BCUT2D eigenvalue weighted by Crippen LogP contribution is -2.37. The maximum atomic E-state index is 12.8. The molecule has 0 aliphatic rings. The molecule has 1 rings (SSSR count). The highest BCUT2D eigenvalue weighted by atomic mass is 31.2. The number of rotatable bonds is 40. The van der Waals surface area contributed by atoms with E-state index in [-0.39, 0.29) is 26.1 Å². The lowest BCUT2D eigenvalue weighted by molar-refractivity contribution is -0.870. The van der Waals surface area contributed by atoms with Gasteiger partial charge in [0.25, 0.3) is 7.82 Å². The Hall–Kier alpha value is -3.05. The molecule has 0 saturated heterocycles. The number of aliphatic hydroxyl groups is 1. The molecule has 64 heavy (non-hydrogen) atoms. The fraction of sp³-hybridized carbons (Fsp3) is 0.692. The summed E-state index contributed by atoms with van der Waals surface area (Å²) in [6, 6.07) is 0. The summed E-state index contributed by atoms with van der Waals surface area (Å²) in [6.45, 7) is 8.21. The van der Waals surface area contributed by atoms with Gasteiger partial charge in [-0.3, -0.25) is 14.2 Å². The molecule has 3 atom stereocenters. The second kappa shape index (κ2) is 37.1. The van der Waals surface area contributed by atoms with Gasteiger partial charge in [-0.1, -0.05) is 139 Å². The van der Waals surface area contributed by atoms with Crippen LogP contribution >= 0.6 is 7.82 Å². The molecule has 1 heterocycles. The number of carbonyl (C=O) groups is 2. The molecule has 0 bridgehead atoms. The molecule has 366 valence electrons. The number of ether oxygens (including phenoxy) is 2. The number of nitrogens with zero attached hydrogens (tertiary/aromatic N) is 1. The van der Waals surface area contributed by atoms with Crippen LogP contribution < -0.4 is 4.89 Å². The molecule has 1 N–H and O–H groups in total. The number of carbonyl (C=O) groups excluding carboxylic acids is 2. The highest BCUT2D eigenvalue weighted by molar-refractivity contribution is 7.45. The molecule has 11 nitrogen and oxygen atoms in total. The van der Waals surface area contributed by atoms with E-state index in [1.807, 2.05) is 33.3 Å². The van der Waals surface area contributed by atoms with Gasteiger partial charge in [-0.25, -0.2) is 0 Å². The summed E-state index contributed by atoms with van der Waals surface area (Å²) in [5.41, 5.74) is 2.67. The quantitative estimate of drug-likeness (QED) is 0.0169. The first kappa shape index (κ1) is 59.0. The van der Waals surface area contributed by atoms with E-state index in [0.717, 1.165) is 64.2 Å². The number of phosphoric ester groups is 1. The molecule has 0 amide bonds.